The number of fused-ring (bicyclic) bond motifs is 1. The molecule has 26 heavy (non-hydrogen) atoms. The monoisotopic (exact) mass is 354 g/mol. The van der Waals surface area contributed by atoms with E-state index in [1.807, 2.05) is 6.07 Å². The lowest BCUT2D eigenvalue weighted by atomic mass is 9.87. The van der Waals surface area contributed by atoms with Gasteiger partial charge >= 0.3 is 0 Å². The molecular formula is C19H18N2O5. The SMILES string of the molecule is COc1cc2c(cc1OC)C(C(=O)Nc1ccccc1)C(=O)N(C)C2=O. The van der Waals surface area contributed by atoms with Crippen molar-refractivity contribution in [1.29, 1.82) is 0 Å². The third-order valence-corrected chi connectivity index (χ3v) is 4.28. The summed E-state index contributed by atoms with van der Waals surface area (Å²) in [4.78, 5) is 38.9. The minimum atomic E-state index is -1.16. The fourth-order valence-electron chi connectivity index (χ4n) is 2.92. The third kappa shape index (κ3) is 2.88. The number of para-hydroxylation sites is 1. The summed E-state index contributed by atoms with van der Waals surface area (Å²) >= 11 is 0. The maximum atomic E-state index is 12.8. The van der Waals surface area contributed by atoms with E-state index >= 15 is 0 Å². The Kier molecular flexibility index (Phi) is 4.62. The molecule has 0 saturated carbocycles. The van der Waals surface area contributed by atoms with Gasteiger partial charge in [-0.3, -0.25) is 19.3 Å². The number of hydrogen-bond donors (Lipinski definition) is 1. The molecule has 1 heterocycles. The predicted molar refractivity (Wildman–Crippen MR) is 94.5 cm³/mol. The molecule has 0 aromatic heterocycles. The fraction of sp³-hybridized carbons (Fsp3) is 0.211. The molecule has 0 bridgehead atoms. The highest BCUT2D eigenvalue weighted by molar-refractivity contribution is 6.21. The summed E-state index contributed by atoms with van der Waals surface area (Å²) in [7, 11) is 4.25. The lowest BCUT2D eigenvalue weighted by molar-refractivity contribution is -0.134. The molecule has 1 N–H and O–H groups in total. The van der Waals surface area contributed by atoms with Gasteiger partial charge in [0, 0.05) is 18.3 Å². The zero-order valence-corrected chi connectivity index (χ0v) is 14.6. The maximum Gasteiger partial charge on any atom is 0.260 e. The molecule has 2 aromatic rings. The van der Waals surface area contributed by atoms with Gasteiger partial charge in [0.15, 0.2) is 11.5 Å². The van der Waals surface area contributed by atoms with Crippen molar-refractivity contribution in [3.63, 3.8) is 0 Å². The largest absolute Gasteiger partial charge is 0.493 e. The van der Waals surface area contributed by atoms with Gasteiger partial charge < -0.3 is 14.8 Å². The van der Waals surface area contributed by atoms with Crippen molar-refractivity contribution in [2.75, 3.05) is 26.6 Å². The van der Waals surface area contributed by atoms with Crippen molar-refractivity contribution < 1.29 is 23.9 Å². The Labute approximate surface area is 150 Å². The number of benzene rings is 2. The smallest absolute Gasteiger partial charge is 0.260 e. The normalized spacial score (nSPS) is 16.1. The summed E-state index contributed by atoms with van der Waals surface area (Å²) in [5.74, 6) is -2.07. The van der Waals surface area contributed by atoms with Crippen LogP contribution in [0.1, 0.15) is 21.8 Å². The van der Waals surface area contributed by atoms with E-state index in [0.717, 1.165) is 4.90 Å². The van der Waals surface area contributed by atoms with E-state index in [-0.39, 0.29) is 5.56 Å². The second-order valence-corrected chi connectivity index (χ2v) is 5.79. The van der Waals surface area contributed by atoms with Gasteiger partial charge in [0.2, 0.25) is 11.8 Å². The number of carbonyl (C=O) groups is 3. The summed E-state index contributed by atoms with van der Waals surface area (Å²) in [6.45, 7) is 0. The molecule has 0 aliphatic carbocycles. The Morgan fingerprint density at radius 2 is 1.65 bits per heavy atom. The van der Waals surface area contributed by atoms with E-state index in [9.17, 15) is 14.4 Å². The van der Waals surface area contributed by atoms with Gasteiger partial charge in [0.25, 0.3) is 5.91 Å². The molecule has 0 saturated heterocycles. The van der Waals surface area contributed by atoms with Crippen LogP contribution in [0.2, 0.25) is 0 Å². The van der Waals surface area contributed by atoms with Crippen LogP contribution in [0.3, 0.4) is 0 Å². The van der Waals surface area contributed by atoms with Crippen LogP contribution in [0.5, 0.6) is 11.5 Å². The van der Waals surface area contributed by atoms with Gasteiger partial charge in [-0.25, -0.2) is 0 Å². The van der Waals surface area contributed by atoms with Crippen molar-refractivity contribution in [3.8, 4) is 11.5 Å². The van der Waals surface area contributed by atoms with Crippen LogP contribution < -0.4 is 14.8 Å². The van der Waals surface area contributed by atoms with Crippen molar-refractivity contribution in [1.82, 2.24) is 4.90 Å². The van der Waals surface area contributed by atoms with Gasteiger partial charge in [0.1, 0.15) is 5.92 Å². The lowest BCUT2D eigenvalue weighted by Crippen LogP contribution is -2.46. The fourth-order valence-corrected chi connectivity index (χ4v) is 2.92. The van der Waals surface area contributed by atoms with Gasteiger partial charge in [-0.15, -0.1) is 0 Å². The number of likely N-dealkylation sites (N-methyl/N-ethyl adjacent to an activating group) is 1. The van der Waals surface area contributed by atoms with Crippen LogP contribution in [-0.4, -0.2) is 43.9 Å². The summed E-state index contributed by atoms with van der Waals surface area (Å²) in [5.41, 5.74) is 1.09. The van der Waals surface area contributed by atoms with Gasteiger partial charge in [0.05, 0.1) is 14.2 Å². The molecular weight excluding hydrogens is 336 g/mol. The molecule has 1 unspecified atom stereocenters. The first-order valence-corrected chi connectivity index (χ1v) is 7.91. The zero-order chi connectivity index (χ0) is 18.8. The average molecular weight is 354 g/mol. The molecule has 1 atom stereocenters. The van der Waals surface area contributed by atoms with Crippen molar-refractivity contribution in [2.45, 2.75) is 5.92 Å². The Morgan fingerprint density at radius 3 is 2.27 bits per heavy atom. The molecule has 1 aliphatic heterocycles. The molecule has 0 radical (unpaired) electrons. The van der Waals surface area contributed by atoms with Gasteiger partial charge in [-0.2, -0.15) is 0 Å². The standard InChI is InChI=1S/C19H18N2O5/c1-21-18(23)13-10-15(26-3)14(25-2)9-12(13)16(19(21)24)17(22)20-11-7-5-4-6-8-11/h4-10,16H,1-3H3,(H,20,22). The number of hydrogen-bond acceptors (Lipinski definition) is 5. The summed E-state index contributed by atoms with van der Waals surface area (Å²) in [6.07, 6.45) is 0. The van der Waals surface area contributed by atoms with E-state index in [1.54, 1.807) is 24.3 Å². The summed E-state index contributed by atoms with van der Waals surface area (Å²) in [5, 5.41) is 2.71. The first-order chi connectivity index (χ1) is 12.5. The number of nitrogens with one attached hydrogen (secondary N) is 1. The molecule has 7 heteroatoms. The highest BCUT2D eigenvalue weighted by atomic mass is 16.5. The maximum absolute atomic E-state index is 12.8. The molecule has 7 nitrogen and oxygen atoms in total. The number of carbonyl (C=O) groups excluding carboxylic acids is 3. The lowest BCUT2D eigenvalue weighted by Gasteiger charge is -2.30. The quantitative estimate of drug-likeness (QED) is 0.671. The number of rotatable bonds is 4. The van der Waals surface area contributed by atoms with Crippen LogP contribution >= 0.6 is 0 Å². The Hall–Kier alpha value is -3.35. The number of methoxy groups -OCH3 is 2. The second-order valence-electron chi connectivity index (χ2n) is 5.79. The van der Waals surface area contributed by atoms with Crippen molar-refractivity contribution in [2.24, 2.45) is 0 Å². The highest BCUT2D eigenvalue weighted by Gasteiger charge is 2.42. The van der Waals surface area contributed by atoms with Crippen LogP contribution in [0.4, 0.5) is 5.69 Å². The number of nitrogens with zero attached hydrogens (tertiary/aromatic N) is 1. The van der Waals surface area contributed by atoms with E-state index in [0.29, 0.717) is 22.7 Å². The van der Waals surface area contributed by atoms with Crippen LogP contribution in [0, 0.1) is 0 Å². The third-order valence-electron chi connectivity index (χ3n) is 4.28. The molecule has 0 spiro atoms. The van der Waals surface area contributed by atoms with E-state index in [2.05, 4.69) is 5.32 Å². The average Bonchev–Trinajstić information content (AvgIpc) is 2.66. The Bertz CT molecular complexity index is 879. The van der Waals surface area contributed by atoms with E-state index in [4.69, 9.17) is 9.47 Å². The predicted octanol–water partition coefficient (Wildman–Crippen LogP) is 2.04. The summed E-state index contributed by atoms with van der Waals surface area (Å²) < 4.78 is 10.5. The molecule has 0 fully saturated rings. The molecule has 1 aliphatic rings. The van der Waals surface area contributed by atoms with E-state index < -0.39 is 23.6 Å². The van der Waals surface area contributed by atoms with Crippen molar-refractivity contribution >= 4 is 23.4 Å². The number of imide groups is 1. The molecule has 2 aromatic carbocycles. The first-order valence-electron chi connectivity index (χ1n) is 7.91. The zero-order valence-electron chi connectivity index (χ0n) is 14.6. The minimum absolute atomic E-state index is 0.234. The number of amides is 3. The first kappa shape index (κ1) is 17.5. The highest BCUT2D eigenvalue weighted by Crippen LogP contribution is 2.38. The topological polar surface area (TPSA) is 84.9 Å². The second kappa shape index (κ2) is 6.87. The number of anilines is 1. The minimum Gasteiger partial charge on any atom is -0.493 e. The van der Waals surface area contributed by atoms with Crippen LogP contribution in [0.25, 0.3) is 0 Å². The molecule has 134 valence electrons. The van der Waals surface area contributed by atoms with Crippen LogP contribution in [0.15, 0.2) is 42.5 Å². The van der Waals surface area contributed by atoms with Crippen molar-refractivity contribution in [3.05, 3.63) is 53.6 Å². The summed E-state index contributed by atoms with van der Waals surface area (Å²) in [6, 6.07) is 11.8. The van der Waals surface area contributed by atoms with Crippen LogP contribution in [-0.2, 0) is 9.59 Å². The Morgan fingerprint density at radius 1 is 1.04 bits per heavy atom. The Balaban J connectivity index is 2.08. The van der Waals surface area contributed by atoms with E-state index in [1.165, 1.54) is 33.4 Å². The number of ether oxygens (including phenoxy) is 2. The van der Waals surface area contributed by atoms with Gasteiger partial charge in [-0.05, 0) is 29.8 Å². The van der Waals surface area contributed by atoms with Gasteiger partial charge in [-0.1, -0.05) is 18.2 Å². The molecule has 3 amide bonds. The molecule has 3 rings (SSSR count).